The van der Waals surface area contributed by atoms with Gasteiger partial charge in [-0.3, -0.25) is 4.79 Å². The molecular weight excluding hydrogens is 401 g/mol. The lowest BCUT2D eigenvalue weighted by Gasteiger charge is -2.33. The lowest BCUT2D eigenvalue weighted by atomic mass is 10.0. The Morgan fingerprint density at radius 1 is 1.24 bits per heavy atom. The number of piperidine rings is 1. The molecule has 1 aliphatic rings. The van der Waals surface area contributed by atoms with Gasteiger partial charge < -0.3 is 15.0 Å². The first-order valence-electron chi connectivity index (χ1n) is 9.51. The second-order valence-corrected chi connectivity index (χ2v) is 9.62. The summed E-state index contributed by atoms with van der Waals surface area (Å²) in [6.45, 7) is 7.74. The molecule has 29 heavy (non-hydrogen) atoms. The van der Waals surface area contributed by atoms with Crippen LogP contribution in [0.25, 0.3) is 0 Å². The number of likely N-dealkylation sites (tertiary alicyclic amines) is 1. The van der Waals surface area contributed by atoms with Crippen LogP contribution in [0.2, 0.25) is 0 Å². The molecule has 0 aliphatic carbocycles. The molecule has 1 aromatic rings. The van der Waals surface area contributed by atoms with Crippen molar-refractivity contribution >= 4 is 22.0 Å². The summed E-state index contributed by atoms with van der Waals surface area (Å²) in [5.74, 6) is -1.36. The Bertz CT molecular complexity index is 859. The van der Waals surface area contributed by atoms with Gasteiger partial charge in [-0.2, -0.15) is 0 Å². The van der Waals surface area contributed by atoms with Crippen molar-refractivity contribution in [1.82, 2.24) is 14.9 Å². The highest BCUT2D eigenvalue weighted by Gasteiger charge is 2.28. The number of amides is 2. The van der Waals surface area contributed by atoms with Gasteiger partial charge in [-0.15, -0.1) is 0 Å². The van der Waals surface area contributed by atoms with Crippen LogP contribution in [-0.2, 0) is 14.8 Å². The highest BCUT2D eigenvalue weighted by atomic mass is 32.2. The highest BCUT2D eigenvalue weighted by Crippen LogP contribution is 2.20. The number of sulfonamides is 1. The minimum Gasteiger partial charge on any atom is -0.444 e. The monoisotopic (exact) mass is 429 g/mol. The molecule has 0 bridgehead atoms. The maximum Gasteiger partial charge on any atom is 0.407 e. The first kappa shape index (κ1) is 23.1. The van der Waals surface area contributed by atoms with E-state index in [1.54, 1.807) is 27.7 Å². The molecule has 1 aliphatic heterocycles. The minimum absolute atomic E-state index is 0.154. The normalized spacial score (nSPS) is 15.8. The summed E-state index contributed by atoms with van der Waals surface area (Å²) < 4.78 is 46.0. The van der Waals surface area contributed by atoms with Crippen LogP contribution in [0.5, 0.6) is 0 Å². The zero-order valence-corrected chi connectivity index (χ0v) is 17.9. The van der Waals surface area contributed by atoms with Gasteiger partial charge in [-0.05, 0) is 51.8 Å². The molecule has 0 unspecified atom stereocenters. The van der Waals surface area contributed by atoms with Gasteiger partial charge in [0.15, 0.2) is 0 Å². The van der Waals surface area contributed by atoms with Crippen molar-refractivity contribution in [3.63, 3.8) is 0 Å². The molecule has 1 aromatic carbocycles. The number of alkyl carbamates (subject to hydrolysis) is 1. The largest absolute Gasteiger partial charge is 0.444 e. The molecular formula is C19H28FN3O5S. The second-order valence-electron chi connectivity index (χ2n) is 7.86. The van der Waals surface area contributed by atoms with Crippen LogP contribution in [0.4, 0.5) is 9.18 Å². The third-order valence-electron chi connectivity index (χ3n) is 4.32. The van der Waals surface area contributed by atoms with E-state index in [-0.39, 0.29) is 23.0 Å². The van der Waals surface area contributed by atoms with Crippen LogP contribution in [0.15, 0.2) is 23.1 Å². The van der Waals surface area contributed by atoms with Crippen molar-refractivity contribution in [3.05, 3.63) is 29.6 Å². The second kappa shape index (κ2) is 9.08. The number of carbonyl (C=O) groups is 2. The van der Waals surface area contributed by atoms with Gasteiger partial charge in [-0.1, -0.05) is 6.92 Å². The quantitative estimate of drug-likeness (QED) is 0.747. The van der Waals surface area contributed by atoms with Crippen molar-refractivity contribution < 1.29 is 27.1 Å². The minimum atomic E-state index is -3.80. The molecule has 1 saturated heterocycles. The molecule has 162 valence electrons. The highest BCUT2D eigenvalue weighted by molar-refractivity contribution is 7.89. The Kier molecular flexibility index (Phi) is 7.23. The number of hydrogen-bond acceptors (Lipinski definition) is 5. The first-order valence-corrected chi connectivity index (χ1v) is 11.0. The fraction of sp³-hybridized carbons (Fsp3) is 0.579. The van der Waals surface area contributed by atoms with Crippen molar-refractivity contribution in [2.45, 2.75) is 57.1 Å². The summed E-state index contributed by atoms with van der Waals surface area (Å²) in [6, 6.07) is 3.01. The van der Waals surface area contributed by atoms with Gasteiger partial charge in [-0.25, -0.2) is 22.3 Å². The average Bonchev–Trinajstić information content (AvgIpc) is 2.60. The molecule has 0 atom stereocenters. The fourth-order valence-electron chi connectivity index (χ4n) is 2.98. The third kappa shape index (κ3) is 6.40. The van der Waals surface area contributed by atoms with E-state index in [9.17, 15) is 22.4 Å². The van der Waals surface area contributed by atoms with E-state index >= 15 is 0 Å². The molecule has 0 radical (unpaired) electrons. The van der Waals surface area contributed by atoms with E-state index in [1.165, 1.54) is 4.90 Å². The van der Waals surface area contributed by atoms with E-state index in [0.29, 0.717) is 25.9 Å². The molecule has 2 rings (SSSR count). The van der Waals surface area contributed by atoms with Crippen molar-refractivity contribution in [2.24, 2.45) is 0 Å². The zero-order valence-electron chi connectivity index (χ0n) is 17.1. The Labute approximate surface area is 170 Å². The van der Waals surface area contributed by atoms with Crippen LogP contribution >= 0.6 is 0 Å². The fourth-order valence-corrected chi connectivity index (χ4v) is 4.05. The van der Waals surface area contributed by atoms with Crippen molar-refractivity contribution in [3.8, 4) is 0 Å². The van der Waals surface area contributed by atoms with Gasteiger partial charge in [0.25, 0.3) is 5.91 Å². The number of halogens is 1. The number of nitrogens with one attached hydrogen (secondary N) is 2. The lowest BCUT2D eigenvalue weighted by Crippen LogP contribution is -2.47. The molecule has 0 spiro atoms. The molecule has 2 amide bonds. The molecule has 10 heteroatoms. The summed E-state index contributed by atoms with van der Waals surface area (Å²) in [5.41, 5.74) is -0.890. The van der Waals surface area contributed by atoms with E-state index in [0.717, 1.165) is 18.2 Å². The number of benzene rings is 1. The number of carbonyl (C=O) groups excluding carboxylic acids is 2. The summed E-state index contributed by atoms with van der Waals surface area (Å²) in [6.07, 6.45) is 0.457. The lowest BCUT2D eigenvalue weighted by molar-refractivity contribution is 0.0473. The van der Waals surface area contributed by atoms with E-state index in [2.05, 4.69) is 10.0 Å². The van der Waals surface area contributed by atoms with E-state index in [4.69, 9.17) is 4.74 Å². The molecule has 0 saturated carbocycles. The summed E-state index contributed by atoms with van der Waals surface area (Å²) in [4.78, 5) is 25.9. The van der Waals surface area contributed by atoms with Crippen LogP contribution in [-0.4, -0.2) is 56.6 Å². The van der Waals surface area contributed by atoms with Crippen LogP contribution in [0.3, 0.4) is 0 Å². The zero-order chi connectivity index (χ0) is 21.8. The molecule has 1 fully saturated rings. The third-order valence-corrected chi connectivity index (χ3v) is 5.86. The molecule has 1 heterocycles. The Morgan fingerprint density at radius 3 is 2.41 bits per heavy atom. The Morgan fingerprint density at radius 2 is 1.86 bits per heavy atom. The summed E-state index contributed by atoms with van der Waals surface area (Å²) in [5, 5.41) is 2.77. The average molecular weight is 430 g/mol. The number of rotatable bonds is 5. The first-order chi connectivity index (χ1) is 13.4. The molecule has 2 N–H and O–H groups in total. The Balaban J connectivity index is 2.03. The van der Waals surface area contributed by atoms with Gasteiger partial charge in [0.2, 0.25) is 10.0 Å². The van der Waals surface area contributed by atoms with Crippen LogP contribution in [0, 0.1) is 5.82 Å². The van der Waals surface area contributed by atoms with E-state index in [1.807, 2.05) is 0 Å². The smallest absolute Gasteiger partial charge is 0.407 e. The maximum atomic E-state index is 14.2. The standard InChI is InChI=1S/C19H28FN3O5S/c1-5-21-29(26,27)14-6-7-16(20)15(12-14)17(24)23-10-8-13(9-11-23)22-18(25)28-19(2,3)4/h6-7,12-13,21H,5,8-11H2,1-4H3,(H,22,25). The summed E-state index contributed by atoms with van der Waals surface area (Å²) in [7, 11) is -3.80. The predicted molar refractivity (Wildman–Crippen MR) is 106 cm³/mol. The number of ether oxygens (including phenoxy) is 1. The predicted octanol–water partition coefficient (Wildman–Crippen LogP) is 2.25. The number of nitrogens with zero attached hydrogens (tertiary/aromatic N) is 1. The van der Waals surface area contributed by atoms with Crippen molar-refractivity contribution in [1.29, 1.82) is 0 Å². The van der Waals surface area contributed by atoms with Crippen LogP contribution in [0.1, 0.15) is 50.9 Å². The van der Waals surface area contributed by atoms with Gasteiger partial charge >= 0.3 is 6.09 Å². The summed E-state index contributed by atoms with van der Waals surface area (Å²) >= 11 is 0. The van der Waals surface area contributed by atoms with Gasteiger partial charge in [0, 0.05) is 25.7 Å². The number of hydrogen-bond donors (Lipinski definition) is 2. The Hall–Kier alpha value is -2.20. The van der Waals surface area contributed by atoms with E-state index < -0.39 is 33.4 Å². The SMILES string of the molecule is CCNS(=O)(=O)c1ccc(F)c(C(=O)N2CCC(NC(=O)OC(C)(C)C)CC2)c1. The van der Waals surface area contributed by atoms with Gasteiger partial charge in [0.05, 0.1) is 10.5 Å². The van der Waals surface area contributed by atoms with Gasteiger partial charge in [0.1, 0.15) is 11.4 Å². The van der Waals surface area contributed by atoms with Crippen molar-refractivity contribution in [2.75, 3.05) is 19.6 Å². The molecule has 8 nitrogen and oxygen atoms in total. The molecule has 0 aromatic heterocycles. The maximum absolute atomic E-state index is 14.2. The topological polar surface area (TPSA) is 105 Å². The van der Waals surface area contributed by atoms with Crippen LogP contribution < -0.4 is 10.0 Å².